The first-order chi connectivity index (χ1) is 8.32. The van der Waals surface area contributed by atoms with Gasteiger partial charge in [0.1, 0.15) is 0 Å². The van der Waals surface area contributed by atoms with E-state index in [2.05, 4.69) is 5.32 Å². The van der Waals surface area contributed by atoms with Crippen molar-refractivity contribution in [1.82, 2.24) is 10.2 Å². The Kier molecular flexibility index (Phi) is 5.45. The van der Waals surface area contributed by atoms with Crippen molar-refractivity contribution < 1.29 is 4.79 Å². The number of likely N-dealkylation sites (N-methyl/N-ethyl adjacent to an activating group) is 1. The van der Waals surface area contributed by atoms with Crippen molar-refractivity contribution in [2.45, 2.75) is 25.9 Å². The monoisotopic (exact) mass is 288 g/mol. The topological polar surface area (TPSA) is 32.3 Å². The van der Waals surface area contributed by atoms with Gasteiger partial charge in [-0.25, -0.2) is 0 Å². The second kappa shape index (κ2) is 6.41. The molecule has 1 amide bonds. The molecule has 1 rings (SSSR count). The van der Waals surface area contributed by atoms with Crippen LogP contribution < -0.4 is 5.32 Å². The SMILES string of the molecule is CC(NC(C)c1cc(Cl)ccc1Cl)C(=O)N(C)C. The molecule has 0 aromatic heterocycles. The second-order valence-electron chi connectivity index (χ2n) is 4.51. The first-order valence-electron chi connectivity index (χ1n) is 5.75. The van der Waals surface area contributed by atoms with E-state index in [1.54, 1.807) is 31.1 Å². The van der Waals surface area contributed by atoms with Gasteiger partial charge in [-0.15, -0.1) is 0 Å². The molecule has 3 nitrogen and oxygen atoms in total. The van der Waals surface area contributed by atoms with Gasteiger partial charge in [0.15, 0.2) is 0 Å². The van der Waals surface area contributed by atoms with Crippen LogP contribution in [0.5, 0.6) is 0 Å². The van der Waals surface area contributed by atoms with Crippen molar-refractivity contribution in [3.8, 4) is 0 Å². The fourth-order valence-electron chi connectivity index (χ4n) is 1.77. The van der Waals surface area contributed by atoms with Gasteiger partial charge in [0.25, 0.3) is 0 Å². The van der Waals surface area contributed by atoms with E-state index >= 15 is 0 Å². The third-order valence-corrected chi connectivity index (χ3v) is 3.32. The predicted molar refractivity (Wildman–Crippen MR) is 76.2 cm³/mol. The Morgan fingerprint density at radius 2 is 1.89 bits per heavy atom. The zero-order valence-corrected chi connectivity index (χ0v) is 12.5. The molecule has 0 fully saturated rings. The van der Waals surface area contributed by atoms with Crippen LogP contribution in [0, 0.1) is 0 Å². The lowest BCUT2D eigenvalue weighted by molar-refractivity contribution is -0.130. The standard InChI is InChI=1S/C13H18Cl2N2O/c1-8(16-9(2)13(18)17(3)4)11-7-10(14)5-6-12(11)15/h5-9,16H,1-4H3. The fourth-order valence-corrected chi connectivity index (χ4v) is 2.23. The number of nitrogens with one attached hydrogen (secondary N) is 1. The van der Waals surface area contributed by atoms with Gasteiger partial charge < -0.3 is 4.90 Å². The largest absolute Gasteiger partial charge is 0.347 e. The minimum absolute atomic E-state index is 0.0278. The molecule has 1 aromatic rings. The number of halogens is 2. The van der Waals surface area contributed by atoms with Crippen molar-refractivity contribution in [2.24, 2.45) is 0 Å². The highest BCUT2D eigenvalue weighted by atomic mass is 35.5. The molecule has 0 aliphatic heterocycles. The van der Waals surface area contributed by atoms with Crippen molar-refractivity contribution >= 4 is 29.1 Å². The van der Waals surface area contributed by atoms with Gasteiger partial charge in [-0.3, -0.25) is 10.1 Å². The van der Waals surface area contributed by atoms with E-state index in [4.69, 9.17) is 23.2 Å². The smallest absolute Gasteiger partial charge is 0.238 e. The molecule has 1 N–H and O–H groups in total. The maximum atomic E-state index is 11.8. The van der Waals surface area contributed by atoms with E-state index in [9.17, 15) is 4.79 Å². The first kappa shape index (κ1) is 15.3. The Morgan fingerprint density at radius 3 is 2.44 bits per heavy atom. The molecule has 0 radical (unpaired) electrons. The van der Waals surface area contributed by atoms with E-state index in [0.717, 1.165) is 5.56 Å². The Balaban J connectivity index is 2.79. The van der Waals surface area contributed by atoms with Gasteiger partial charge in [0.05, 0.1) is 6.04 Å². The van der Waals surface area contributed by atoms with E-state index < -0.39 is 0 Å². The van der Waals surface area contributed by atoms with Crippen LogP contribution in [-0.2, 0) is 4.79 Å². The Hall–Kier alpha value is -0.770. The summed E-state index contributed by atoms with van der Waals surface area (Å²) >= 11 is 12.1. The molecular formula is C13H18Cl2N2O. The van der Waals surface area contributed by atoms with Crippen LogP contribution in [0.1, 0.15) is 25.5 Å². The third-order valence-electron chi connectivity index (χ3n) is 2.74. The van der Waals surface area contributed by atoms with Crippen LogP contribution in [0.15, 0.2) is 18.2 Å². The Morgan fingerprint density at radius 1 is 1.28 bits per heavy atom. The summed E-state index contributed by atoms with van der Waals surface area (Å²) in [6, 6.07) is 5.00. The molecule has 1 aromatic carbocycles. The average Bonchev–Trinajstić information content (AvgIpc) is 2.30. The predicted octanol–water partition coefficient (Wildman–Crippen LogP) is 3.12. The molecule has 0 aliphatic rings. The van der Waals surface area contributed by atoms with Gasteiger partial charge in [0.2, 0.25) is 5.91 Å². The molecule has 100 valence electrons. The molecule has 2 unspecified atom stereocenters. The van der Waals surface area contributed by atoms with Gasteiger partial charge >= 0.3 is 0 Å². The maximum Gasteiger partial charge on any atom is 0.238 e. The van der Waals surface area contributed by atoms with Crippen LogP contribution in [0.4, 0.5) is 0 Å². The molecule has 0 bridgehead atoms. The lowest BCUT2D eigenvalue weighted by Crippen LogP contribution is -2.42. The van der Waals surface area contributed by atoms with Gasteiger partial charge in [-0.05, 0) is 37.6 Å². The first-order valence-corrected chi connectivity index (χ1v) is 6.50. The van der Waals surface area contributed by atoms with Crippen LogP contribution in [0.3, 0.4) is 0 Å². The number of hydrogen-bond donors (Lipinski definition) is 1. The van der Waals surface area contributed by atoms with Crippen LogP contribution in [-0.4, -0.2) is 30.9 Å². The summed E-state index contributed by atoms with van der Waals surface area (Å²) in [6.45, 7) is 3.79. The third kappa shape index (κ3) is 3.87. The second-order valence-corrected chi connectivity index (χ2v) is 5.35. The van der Waals surface area contributed by atoms with E-state index in [1.807, 2.05) is 19.9 Å². The summed E-state index contributed by atoms with van der Waals surface area (Å²) in [4.78, 5) is 13.3. The number of carbonyl (C=O) groups is 1. The molecule has 5 heteroatoms. The fraction of sp³-hybridized carbons (Fsp3) is 0.462. The van der Waals surface area contributed by atoms with Gasteiger partial charge in [-0.1, -0.05) is 23.2 Å². The highest BCUT2D eigenvalue weighted by Gasteiger charge is 2.19. The summed E-state index contributed by atoms with van der Waals surface area (Å²) in [7, 11) is 3.47. The summed E-state index contributed by atoms with van der Waals surface area (Å²) < 4.78 is 0. The number of rotatable bonds is 4. The van der Waals surface area contributed by atoms with Crippen molar-refractivity contribution in [1.29, 1.82) is 0 Å². The summed E-state index contributed by atoms with van der Waals surface area (Å²) in [5.41, 5.74) is 0.891. The summed E-state index contributed by atoms with van der Waals surface area (Å²) in [5, 5.41) is 4.49. The van der Waals surface area contributed by atoms with Crippen LogP contribution in [0.2, 0.25) is 10.0 Å². The molecule has 0 saturated carbocycles. The highest BCUT2D eigenvalue weighted by Crippen LogP contribution is 2.26. The summed E-state index contributed by atoms with van der Waals surface area (Å²) in [5.74, 6) is 0.0278. The molecule has 0 aliphatic carbocycles. The lowest BCUT2D eigenvalue weighted by atomic mass is 10.1. The quantitative estimate of drug-likeness (QED) is 0.923. The molecule has 0 saturated heterocycles. The van der Waals surface area contributed by atoms with Crippen molar-refractivity contribution in [3.05, 3.63) is 33.8 Å². The molecule has 2 atom stereocenters. The normalized spacial score (nSPS) is 14.1. The summed E-state index contributed by atoms with van der Waals surface area (Å²) in [6.07, 6.45) is 0. The van der Waals surface area contributed by atoms with Crippen LogP contribution in [0.25, 0.3) is 0 Å². The molecular weight excluding hydrogens is 271 g/mol. The number of amides is 1. The minimum atomic E-state index is -0.273. The zero-order valence-electron chi connectivity index (χ0n) is 11.0. The van der Waals surface area contributed by atoms with Crippen molar-refractivity contribution in [2.75, 3.05) is 14.1 Å². The number of nitrogens with zero attached hydrogens (tertiary/aromatic N) is 1. The van der Waals surface area contributed by atoms with E-state index in [-0.39, 0.29) is 18.0 Å². The van der Waals surface area contributed by atoms with Gasteiger partial charge in [0, 0.05) is 30.2 Å². The van der Waals surface area contributed by atoms with E-state index in [1.165, 1.54) is 0 Å². The molecule has 0 heterocycles. The minimum Gasteiger partial charge on any atom is -0.347 e. The van der Waals surface area contributed by atoms with Crippen molar-refractivity contribution in [3.63, 3.8) is 0 Å². The highest BCUT2D eigenvalue weighted by molar-refractivity contribution is 6.33. The average molecular weight is 289 g/mol. The molecule has 0 spiro atoms. The number of hydrogen-bond acceptors (Lipinski definition) is 2. The van der Waals surface area contributed by atoms with Gasteiger partial charge in [-0.2, -0.15) is 0 Å². The molecule has 18 heavy (non-hydrogen) atoms. The number of benzene rings is 1. The Bertz CT molecular complexity index is 435. The lowest BCUT2D eigenvalue weighted by Gasteiger charge is -2.23. The van der Waals surface area contributed by atoms with E-state index in [0.29, 0.717) is 10.0 Å². The van der Waals surface area contributed by atoms with Crippen LogP contribution >= 0.6 is 23.2 Å². The number of carbonyl (C=O) groups excluding carboxylic acids is 1. The zero-order chi connectivity index (χ0) is 13.9. The maximum absolute atomic E-state index is 11.8. The Labute approximate surface area is 118 Å².